The van der Waals surface area contributed by atoms with Gasteiger partial charge in [-0.3, -0.25) is 4.98 Å². The summed E-state index contributed by atoms with van der Waals surface area (Å²) in [5, 5.41) is 13.9. The van der Waals surface area contributed by atoms with Crippen molar-refractivity contribution in [2.24, 2.45) is 0 Å². The quantitative estimate of drug-likeness (QED) is 0.119. The van der Waals surface area contributed by atoms with Crippen LogP contribution in [0.3, 0.4) is 0 Å². The number of benzene rings is 5. The molecule has 0 fully saturated rings. The van der Waals surface area contributed by atoms with E-state index >= 15 is 0 Å². The Hall–Kier alpha value is -6.47. The van der Waals surface area contributed by atoms with Gasteiger partial charge in [0.15, 0.2) is 5.82 Å². The van der Waals surface area contributed by atoms with Crippen LogP contribution in [0.4, 0.5) is 0 Å². The minimum atomic E-state index is -0.841. The summed E-state index contributed by atoms with van der Waals surface area (Å²) in [6.07, 6.45) is 5.28. The van der Waals surface area contributed by atoms with Gasteiger partial charge in [-0.05, 0) is 69.3 Å². The van der Waals surface area contributed by atoms with E-state index in [0.717, 1.165) is 82.1 Å². The molecule has 0 unspecified atom stereocenters. The van der Waals surface area contributed by atoms with Gasteiger partial charge in [-0.2, -0.15) is 0 Å². The third kappa shape index (κ3) is 6.58. The number of hydrogen-bond acceptors (Lipinski definition) is 5. The van der Waals surface area contributed by atoms with Crippen molar-refractivity contribution in [1.82, 2.24) is 34.7 Å². The molecular weight excluding hydrogens is 651 g/mol. The lowest BCUT2D eigenvalue weighted by Gasteiger charge is -2.36. The number of imidazole rings is 1. The van der Waals surface area contributed by atoms with Crippen LogP contribution in [0.2, 0.25) is 0 Å². The summed E-state index contributed by atoms with van der Waals surface area (Å²) in [5.74, 6) is 1.77. The maximum absolute atomic E-state index is 5.03. The minimum absolute atomic E-state index is 0.678. The predicted molar refractivity (Wildman–Crippen MR) is 211 cm³/mol. The number of aryl methyl sites for hydroxylation is 2. The van der Waals surface area contributed by atoms with Gasteiger partial charge in [-0.25, -0.2) is 9.67 Å². The molecule has 260 valence electrons. The van der Waals surface area contributed by atoms with Crippen molar-refractivity contribution in [3.8, 4) is 33.9 Å². The van der Waals surface area contributed by atoms with Crippen LogP contribution < -0.4 is 0 Å². The van der Waals surface area contributed by atoms with Gasteiger partial charge < -0.3 is 4.57 Å². The number of pyridine rings is 1. The van der Waals surface area contributed by atoms with Gasteiger partial charge in [0.2, 0.25) is 0 Å². The van der Waals surface area contributed by atoms with Crippen LogP contribution in [0.15, 0.2) is 164 Å². The zero-order valence-corrected chi connectivity index (χ0v) is 30.0. The Morgan fingerprint density at radius 1 is 0.585 bits per heavy atom. The van der Waals surface area contributed by atoms with E-state index in [-0.39, 0.29) is 0 Å². The molecule has 3 aromatic heterocycles. The van der Waals surface area contributed by atoms with Crippen molar-refractivity contribution in [2.75, 3.05) is 0 Å². The third-order valence-electron chi connectivity index (χ3n) is 9.91. The Morgan fingerprint density at radius 2 is 1.19 bits per heavy atom. The molecule has 3 heterocycles. The zero-order valence-electron chi connectivity index (χ0n) is 30.0. The van der Waals surface area contributed by atoms with Crippen molar-refractivity contribution in [3.63, 3.8) is 0 Å². The van der Waals surface area contributed by atoms with Gasteiger partial charge in [-0.1, -0.05) is 159 Å². The van der Waals surface area contributed by atoms with E-state index in [2.05, 4.69) is 144 Å². The molecule has 0 saturated carbocycles. The molecule has 8 aromatic rings. The second-order valence-electron chi connectivity index (χ2n) is 13.4. The molecule has 8 rings (SSSR count). The normalized spacial score (nSPS) is 11.5. The van der Waals surface area contributed by atoms with E-state index in [1.807, 2.05) is 48.0 Å². The summed E-state index contributed by atoms with van der Waals surface area (Å²) >= 11 is 0. The molecule has 0 atom stereocenters. The van der Waals surface area contributed by atoms with Crippen LogP contribution in [0.1, 0.15) is 53.5 Å². The smallest absolute Gasteiger partial charge is 0.184 e. The van der Waals surface area contributed by atoms with Crippen molar-refractivity contribution in [1.29, 1.82) is 0 Å². The third-order valence-corrected chi connectivity index (χ3v) is 9.91. The fraction of sp³-hybridized carbons (Fsp3) is 0.152. The second-order valence-corrected chi connectivity index (χ2v) is 13.4. The summed E-state index contributed by atoms with van der Waals surface area (Å²) in [7, 11) is 0. The Morgan fingerprint density at radius 3 is 1.79 bits per heavy atom. The van der Waals surface area contributed by atoms with E-state index in [4.69, 9.17) is 20.3 Å². The van der Waals surface area contributed by atoms with E-state index in [9.17, 15) is 0 Å². The predicted octanol–water partition coefficient (Wildman–Crippen LogP) is 9.81. The molecular formula is C46H41N7. The number of hydrogen-bond donors (Lipinski definition) is 0. The van der Waals surface area contributed by atoms with Gasteiger partial charge in [0.05, 0.1) is 5.69 Å². The molecule has 0 aliphatic heterocycles. The molecule has 0 N–H and O–H groups in total. The van der Waals surface area contributed by atoms with Crippen molar-refractivity contribution < 1.29 is 0 Å². The largest absolute Gasteiger partial charge is 0.330 e. The highest BCUT2D eigenvalue weighted by atomic mass is 15.6. The fourth-order valence-electron chi connectivity index (χ4n) is 7.34. The summed E-state index contributed by atoms with van der Waals surface area (Å²) in [5.41, 5.74) is 9.45. The standard InChI is InChI=1S/C46H41N7/c1-3-4-27-44-48-43(42-26-16-17-34(2)47-42)33-52(44)32-35-28-30-36(31-29-35)40-24-14-15-25-41(40)45-49-50-51-53(45)46(37-18-8-5-9-19-37,38-20-10-6-11-21-38)39-22-12-7-13-23-39/h5-26,28-31,33H,3-4,27,32H2,1-2H3. The first-order valence-corrected chi connectivity index (χ1v) is 18.3. The molecule has 0 aliphatic rings. The number of rotatable bonds is 12. The SMILES string of the molecule is CCCCc1nc(-c2cccc(C)n2)cn1Cc1ccc(-c2ccccc2-c2nnnn2C(c2ccccc2)(c2ccccc2)c2ccccc2)cc1. The summed E-state index contributed by atoms with van der Waals surface area (Å²) in [4.78, 5) is 9.77. The van der Waals surface area contributed by atoms with Crippen LogP contribution >= 0.6 is 0 Å². The minimum Gasteiger partial charge on any atom is -0.330 e. The van der Waals surface area contributed by atoms with Crippen molar-refractivity contribution in [3.05, 3.63) is 198 Å². The van der Waals surface area contributed by atoms with Crippen LogP contribution in [0, 0.1) is 6.92 Å². The first kappa shape index (κ1) is 33.7. The Balaban J connectivity index is 1.19. The lowest BCUT2D eigenvalue weighted by Crippen LogP contribution is -2.39. The highest BCUT2D eigenvalue weighted by molar-refractivity contribution is 5.81. The van der Waals surface area contributed by atoms with Crippen LogP contribution in [0.5, 0.6) is 0 Å². The molecule has 53 heavy (non-hydrogen) atoms. The van der Waals surface area contributed by atoms with Crippen LogP contribution in [0.25, 0.3) is 33.9 Å². The van der Waals surface area contributed by atoms with Crippen molar-refractivity contribution in [2.45, 2.75) is 45.2 Å². The lowest BCUT2D eigenvalue weighted by atomic mass is 9.77. The van der Waals surface area contributed by atoms with E-state index in [1.54, 1.807) is 0 Å². The first-order chi connectivity index (χ1) is 26.1. The highest BCUT2D eigenvalue weighted by Gasteiger charge is 2.42. The lowest BCUT2D eigenvalue weighted by molar-refractivity contribution is 0.451. The average Bonchev–Trinajstić information content (AvgIpc) is 3.87. The van der Waals surface area contributed by atoms with Gasteiger partial charge in [0, 0.05) is 30.4 Å². The molecule has 0 amide bonds. The first-order valence-electron chi connectivity index (χ1n) is 18.3. The van der Waals surface area contributed by atoms with Gasteiger partial charge >= 0.3 is 0 Å². The number of nitrogens with zero attached hydrogens (tertiary/aromatic N) is 7. The molecule has 0 aliphatic carbocycles. The summed E-state index contributed by atoms with van der Waals surface area (Å²) in [6.45, 7) is 4.97. The maximum Gasteiger partial charge on any atom is 0.184 e. The van der Waals surface area contributed by atoms with E-state index in [0.29, 0.717) is 5.82 Å². The molecule has 0 spiro atoms. The fourth-order valence-corrected chi connectivity index (χ4v) is 7.34. The van der Waals surface area contributed by atoms with Crippen LogP contribution in [-0.2, 0) is 18.5 Å². The molecule has 7 heteroatoms. The maximum atomic E-state index is 5.03. The van der Waals surface area contributed by atoms with Crippen molar-refractivity contribution >= 4 is 0 Å². The van der Waals surface area contributed by atoms with E-state index in [1.165, 1.54) is 5.56 Å². The monoisotopic (exact) mass is 691 g/mol. The summed E-state index contributed by atoms with van der Waals surface area (Å²) in [6, 6.07) is 54.9. The molecule has 7 nitrogen and oxygen atoms in total. The number of unbranched alkanes of at least 4 members (excludes halogenated alkanes) is 1. The Kier molecular flexibility index (Phi) is 9.54. The number of aromatic nitrogens is 7. The van der Waals surface area contributed by atoms with Gasteiger partial charge in [0.1, 0.15) is 17.1 Å². The number of tetrazole rings is 1. The van der Waals surface area contributed by atoms with Gasteiger partial charge in [-0.15, -0.1) is 5.10 Å². The Bertz CT molecular complexity index is 2320. The molecule has 5 aromatic carbocycles. The molecule has 0 radical (unpaired) electrons. The average molecular weight is 692 g/mol. The van der Waals surface area contributed by atoms with E-state index < -0.39 is 5.54 Å². The van der Waals surface area contributed by atoms with Gasteiger partial charge in [0.25, 0.3) is 0 Å². The second kappa shape index (κ2) is 15.0. The zero-order chi connectivity index (χ0) is 36.0. The van der Waals surface area contributed by atoms with Crippen LogP contribution in [-0.4, -0.2) is 34.7 Å². The molecule has 0 bridgehead atoms. The molecule has 0 saturated heterocycles. The Labute approximate surface area is 310 Å². The summed E-state index contributed by atoms with van der Waals surface area (Å²) < 4.78 is 4.28. The topological polar surface area (TPSA) is 74.3 Å². The highest BCUT2D eigenvalue weighted by Crippen LogP contribution is 2.43.